The molecule has 5 nitrogen and oxygen atoms in total. The molecule has 7 heteroatoms. The number of piperidine rings is 1. The third-order valence-corrected chi connectivity index (χ3v) is 7.21. The van der Waals surface area contributed by atoms with Gasteiger partial charge in [-0.25, -0.2) is 4.98 Å². The summed E-state index contributed by atoms with van der Waals surface area (Å²) in [6.07, 6.45) is 3.84. The fourth-order valence-electron chi connectivity index (χ4n) is 4.28. The molecule has 0 saturated carbocycles. The Bertz CT molecular complexity index is 1210. The van der Waals surface area contributed by atoms with Gasteiger partial charge in [-0.1, -0.05) is 47.6 Å². The lowest BCUT2D eigenvalue weighted by Gasteiger charge is -2.33. The summed E-state index contributed by atoms with van der Waals surface area (Å²) in [7, 11) is 0. The summed E-state index contributed by atoms with van der Waals surface area (Å²) >= 11 is 7.79. The van der Waals surface area contributed by atoms with E-state index in [9.17, 15) is 0 Å². The molecule has 1 saturated heterocycles. The smallest absolute Gasteiger partial charge is 0.256 e. The zero-order valence-electron chi connectivity index (χ0n) is 19.2. The van der Waals surface area contributed by atoms with Gasteiger partial charge in [0.05, 0.1) is 11.8 Å². The molecule has 5 rings (SSSR count). The predicted molar refractivity (Wildman–Crippen MR) is 138 cm³/mol. The first kappa shape index (κ1) is 23.4. The van der Waals surface area contributed by atoms with Crippen molar-refractivity contribution in [2.45, 2.75) is 37.2 Å². The monoisotopic (exact) mass is 493 g/mol. The first-order valence-electron chi connectivity index (χ1n) is 11.7. The highest BCUT2D eigenvalue weighted by Gasteiger charge is 2.25. The van der Waals surface area contributed by atoms with Gasteiger partial charge in [0.25, 0.3) is 5.22 Å². The number of aromatic nitrogens is 2. The lowest BCUT2D eigenvalue weighted by Crippen LogP contribution is -2.38. The molecule has 1 atom stereocenters. The molecule has 34 heavy (non-hydrogen) atoms. The Kier molecular flexibility index (Phi) is 7.50. The molecule has 1 fully saturated rings. The maximum Gasteiger partial charge on any atom is 0.256 e. The van der Waals surface area contributed by atoms with Gasteiger partial charge in [0.2, 0.25) is 0 Å². The van der Waals surface area contributed by atoms with Crippen LogP contribution in [0.4, 0.5) is 0 Å². The summed E-state index contributed by atoms with van der Waals surface area (Å²) in [5.41, 5.74) is 4.98. The summed E-state index contributed by atoms with van der Waals surface area (Å²) in [6.45, 7) is 5.12. The van der Waals surface area contributed by atoms with Crippen LogP contribution in [0.3, 0.4) is 0 Å². The van der Waals surface area contributed by atoms with Crippen molar-refractivity contribution in [3.63, 3.8) is 0 Å². The number of halogens is 1. The third kappa shape index (κ3) is 5.81. The lowest BCUT2D eigenvalue weighted by molar-refractivity contribution is -0.0276. The van der Waals surface area contributed by atoms with Crippen LogP contribution in [-0.2, 0) is 4.74 Å². The SMILES string of the molecule is Cc1ccc2nc(SCCN3CCC(OC(c4ccc(Cl)cc4)c4ccccn4)CC3)oc2c1. The molecule has 0 radical (unpaired) electrons. The van der Waals surface area contributed by atoms with E-state index in [0.717, 1.165) is 70.8 Å². The zero-order valence-corrected chi connectivity index (χ0v) is 20.8. The van der Waals surface area contributed by atoms with E-state index < -0.39 is 0 Å². The van der Waals surface area contributed by atoms with Crippen molar-refractivity contribution in [2.75, 3.05) is 25.4 Å². The molecule has 1 aliphatic heterocycles. The Morgan fingerprint density at radius 3 is 2.71 bits per heavy atom. The molecule has 4 aromatic rings. The number of thioether (sulfide) groups is 1. The number of nitrogens with zero attached hydrogens (tertiary/aromatic N) is 3. The molecule has 2 aromatic heterocycles. The minimum atomic E-state index is -0.187. The van der Waals surface area contributed by atoms with Gasteiger partial charge >= 0.3 is 0 Å². The molecule has 176 valence electrons. The summed E-state index contributed by atoms with van der Waals surface area (Å²) < 4.78 is 12.5. The quantitative estimate of drug-likeness (QED) is 0.259. The van der Waals surface area contributed by atoms with Crippen LogP contribution in [0.15, 0.2) is 76.5 Å². The van der Waals surface area contributed by atoms with Gasteiger partial charge in [0.15, 0.2) is 5.58 Å². The number of pyridine rings is 1. The Morgan fingerprint density at radius 2 is 1.94 bits per heavy atom. The van der Waals surface area contributed by atoms with Crippen LogP contribution in [0, 0.1) is 6.92 Å². The third-order valence-electron chi connectivity index (χ3n) is 6.15. The highest BCUT2D eigenvalue weighted by Crippen LogP contribution is 2.30. The van der Waals surface area contributed by atoms with E-state index in [-0.39, 0.29) is 12.2 Å². The molecule has 0 amide bonds. The van der Waals surface area contributed by atoms with E-state index >= 15 is 0 Å². The molecule has 2 aromatic carbocycles. The maximum absolute atomic E-state index is 6.61. The first-order valence-corrected chi connectivity index (χ1v) is 13.0. The topological polar surface area (TPSA) is 51.4 Å². The number of benzene rings is 2. The average molecular weight is 494 g/mol. The van der Waals surface area contributed by atoms with E-state index in [1.807, 2.05) is 60.8 Å². The molecular formula is C27H28ClN3O2S. The Labute approximate surface area is 209 Å². The highest BCUT2D eigenvalue weighted by molar-refractivity contribution is 7.99. The van der Waals surface area contributed by atoms with Crippen LogP contribution in [-0.4, -0.2) is 46.4 Å². The summed E-state index contributed by atoms with van der Waals surface area (Å²) in [5.74, 6) is 0.957. The summed E-state index contributed by atoms with van der Waals surface area (Å²) in [4.78, 5) is 11.6. The van der Waals surface area contributed by atoms with E-state index in [1.165, 1.54) is 5.56 Å². The van der Waals surface area contributed by atoms with Gasteiger partial charge in [-0.3, -0.25) is 4.98 Å². The summed E-state index contributed by atoms with van der Waals surface area (Å²) in [5, 5.41) is 1.47. The standard InChI is InChI=1S/C27H28ClN3O2S/c1-19-5-10-23-25(18-19)33-27(30-23)34-17-16-31-14-11-22(12-15-31)32-26(24-4-2-3-13-29-24)20-6-8-21(28)9-7-20/h2-10,13,18,22,26H,11-12,14-17H2,1H3. The van der Waals surface area contributed by atoms with Gasteiger partial charge in [-0.15, -0.1) is 0 Å². The Morgan fingerprint density at radius 1 is 1.12 bits per heavy atom. The van der Waals surface area contributed by atoms with E-state index in [2.05, 4.69) is 27.9 Å². The van der Waals surface area contributed by atoms with Crippen molar-refractivity contribution >= 4 is 34.5 Å². The second-order valence-electron chi connectivity index (χ2n) is 8.66. The molecular weight excluding hydrogens is 466 g/mol. The molecule has 1 unspecified atom stereocenters. The Balaban J connectivity index is 1.13. The average Bonchev–Trinajstić information content (AvgIpc) is 3.26. The van der Waals surface area contributed by atoms with Crippen molar-refractivity contribution in [1.82, 2.24) is 14.9 Å². The zero-order chi connectivity index (χ0) is 23.3. The van der Waals surface area contributed by atoms with Gasteiger partial charge < -0.3 is 14.1 Å². The number of hydrogen-bond donors (Lipinski definition) is 0. The molecule has 3 heterocycles. The minimum Gasteiger partial charge on any atom is -0.431 e. The van der Waals surface area contributed by atoms with Crippen LogP contribution in [0.1, 0.15) is 35.8 Å². The minimum absolute atomic E-state index is 0.187. The van der Waals surface area contributed by atoms with Crippen LogP contribution in [0.5, 0.6) is 0 Å². The Hall–Kier alpha value is -2.38. The highest BCUT2D eigenvalue weighted by atomic mass is 35.5. The normalized spacial score (nSPS) is 16.2. The van der Waals surface area contributed by atoms with Crippen LogP contribution in [0.2, 0.25) is 5.02 Å². The molecule has 1 aliphatic rings. The lowest BCUT2D eigenvalue weighted by atomic mass is 10.0. The van der Waals surface area contributed by atoms with Crippen molar-refractivity contribution in [3.05, 3.63) is 88.7 Å². The van der Waals surface area contributed by atoms with E-state index in [4.69, 9.17) is 20.8 Å². The van der Waals surface area contributed by atoms with Gasteiger partial charge in [0.1, 0.15) is 11.6 Å². The van der Waals surface area contributed by atoms with Crippen LogP contribution < -0.4 is 0 Å². The van der Waals surface area contributed by atoms with Crippen molar-refractivity contribution < 1.29 is 9.15 Å². The fourth-order valence-corrected chi connectivity index (χ4v) is 5.25. The van der Waals surface area contributed by atoms with E-state index in [0.29, 0.717) is 0 Å². The number of rotatable bonds is 8. The maximum atomic E-state index is 6.61. The summed E-state index contributed by atoms with van der Waals surface area (Å²) in [6, 6.07) is 20.0. The number of aryl methyl sites for hydroxylation is 1. The van der Waals surface area contributed by atoms with Crippen LogP contribution >= 0.6 is 23.4 Å². The number of likely N-dealkylation sites (tertiary alicyclic amines) is 1. The largest absolute Gasteiger partial charge is 0.431 e. The number of oxazole rings is 1. The second-order valence-corrected chi connectivity index (χ2v) is 10.1. The second kappa shape index (κ2) is 10.9. The van der Waals surface area contributed by atoms with Crippen molar-refractivity contribution in [3.8, 4) is 0 Å². The fraction of sp³-hybridized carbons (Fsp3) is 0.333. The molecule has 0 bridgehead atoms. The number of hydrogen-bond acceptors (Lipinski definition) is 6. The first-order chi connectivity index (χ1) is 16.6. The van der Waals surface area contributed by atoms with Gasteiger partial charge in [-0.05, 0) is 67.3 Å². The number of ether oxygens (including phenoxy) is 1. The molecule has 0 N–H and O–H groups in total. The van der Waals surface area contributed by atoms with Gasteiger partial charge in [-0.2, -0.15) is 0 Å². The predicted octanol–water partition coefficient (Wildman–Crippen LogP) is 6.55. The van der Waals surface area contributed by atoms with Crippen LogP contribution in [0.25, 0.3) is 11.1 Å². The molecule has 0 aliphatic carbocycles. The van der Waals surface area contributed by atoms with Crippen molar-refractivity contribution in [2.24, 2.45) is 0 Å². The molecule has 0 spiro atoms. The van der Waals surface area contributed by atoms with Gasteiger partial charge in [0, 0.05) is 36.6 Å². The van der Waals surface area contributed by atoms with Crippen molar-refractivity contribution in [1.29, 1.82) is 0 Å². The number of fused-ring (bicyclic) bond motifs is 1. The van der Waals surface area contributed by atoms with E-state index in [1.54, 1.807) is 11.8 Å².